The van der Waals surface area contributed by atoms with Crippen molar-refractivity contribution < 1.29 is 14.5 Å². The number of H-pyrrole nitrogens is 1. The van der Waals surface area contributed by atoms with E-state index in [1.54, 1.807) is 18.2 Å². The van der Waals surface area contributed by atoms with Gasteiger partial charge in [-0.15, -0.1) is 12.4 Å². The third-order valence-corrected chi connectivity index (χ3v) is 4.58. The topological polar surface area (TPSA) is 136 Å². The highest BCUT2D eigenvalue weighted by atomic mass is 35.5. The molecule has 0 saturated carbocycles. The van der Waals surface area contributed by atoms with E-state index in [-0.39, 0.29) is 35.8 Å². The number of non-ortho nitro benzene ring substituents is 1. The lowest BCUT2D eigenvalue weighted by atomic mass is 10.1. The third kappa shape index (κ3) is 5.54. The molecule has 4 aromatic rings. The molecule has 0 atom stereocenters. The zero-order valence-electron chi connectivity index (χ0n) is 18.3. The first-order valence-corrected chi connectivity index (χ1v) is 10.1. The van der Waals surface area contributed by atoms with Crippen molar-refractivity contribution in [1.82, 2.24) is 19.9 Å². The van der Waals surface area contributed by atoms with E-state index in [4.69, 9.17) is 4.74 Å². The lowest BCUT2D eigenvalue weighted by Crippen LogP contribution is -2.15. The van der Waals surface area contributed by atoms with Gasteiger partial charge in [-0.2, -0.15) is 0 Å². The van der Waals surface area contributed by atoms with Crippen molar-refractivity contribution in [2.75, 3.05) is 5.32 Å². The van der Waals surface area contributed by atoms with Crippen LogP contribution in [0.3, 0.4) is 0 Å². The Hall–Kier alpha value is -4.31. The Morgan fingerprint density at radius 2 is 1.65 bits per heavy atom. The average Bonchev–Trinajstić information content (AvgIpc) is 3.26. The van der Waals surface area contributed by atoms with E-state index >= 15 is 0 Å². The summed E-state index contributed by atoms with van der Waals surface area (Å²) < 4.78 is 5.69. The van der Waals surface area contributed by atoms with Crippen LogP contribution in [0.2, 0.25) is 0 Å². The minimum Gasteiger partial charge on any atom is -0.491 e. The lowest BCUT2D eigenvalue weighted by Gasteiger charge is -2.10. The SMILES string of the molecule is CC(C)Oc1ccc(-c2[nH]c(-c3ccc([N+](=O)[O-])cc3)nc2C(=O)Nc2ncccn2)cc1.Cl. The number of aromatic amines is 1. The first kappa shape index (κ1) is 24.3. The number of benzene rings is 2. The van der Waals surface area contributed by atoms with Crippen molar-refractivity contribution >= 4 is 29.9 Å². The van der Waals surface area contributed by atoms with E-state index < -0.39 is 10.8 Å². The van der Waals surface area contributed by atoms with Gasteiger partial charge in [0.1, 0.15) is 11.6 Å². The summed E-state index contributed by atoms with van der Waals surface area (Å²) in [5.74, 6) is 0.742. The van der Waals surface area contributed by atoms with Crippen molar-refractivity contribution in [3.8, 4) is 28.4 Å². The summed E-state index contributed by atoms with van der Waals surface area (Å²) in [4.78, 5) is 39.2. The molecule has 34 heavy (non-hydrogen) atoms. The van der Waals surface area contributed by atoms with Crippen LogP contribution in [0.15, 0.2) is 67.0 Å². The fraction of sp³-hybridized carbons (Fsp3) is 0.130. The normalized spacial score (nSPS) is 10.4. The van der Waals surface area contributed by atoms with Gasteiger partial charge in [0.05, 0.1) is 16.7 Å². The molecule has 0 aliphatic rings. The molecule has 0 bridgehead atoms. The van der Waals surface area contributed by atoms with Crippen LogP contribution in [-0.2, 0) is 0 Å². The fourth-order valence-corrected chi connectivity index (χ4v) is 3.12. The molecule has 4 rings (SSSR count). The van der Waals surface area contributed by atoms with E-state index in [2.05, 4.69) is 25.3 Å². The molecule has 11 heteroatoms. The van der Waals surface area contributed by atoms with Crippen molar-refractivity contribution in [1.29, 1.82) is 0 Å². The van der Waals surface area contributed by atoms with E-state index in [0.717, 1.165) is 0 Å². The maximum atomic E-state index is 13.0. The molecule has 2 aromatic heterocycles. The predicted octanol–water partition coefficient (Wildman–Crippen LogP) is 4.90. The van der Waals surface area contributed by atoms with Crippen LogP contribution >= 0.6 is 12.4 Å². The van der Waals surface area contributed by atoms with Crippen LogP contribution in [0, 0.1) is 10.1 Å². The zero-order chi connectivity index (χ0) is 23.4. The van der Waals surface area contributed by atoms with Crippen molar-refractivity contribution in [3.63, 3.8) is 0 Å². The van der Waals surface area contributed by atoms with Gasteiger partial charge in [-0.1, -0.05) is 0 Å². The molecule has 0 aliphatic heterocycles. The molecule has 0 unspecified atom stereocenters. The molecular weight excluding hydrogens is 460 g/mol. The standard InChI is InChI=1S/C23H20N6O4.ClH/c1-14(2)33-18-10-6-15(7-11-18)19-20(22(30)28-23-24-12-3-13-25-23)27-21(26-19)16-4-8-17(9-5-16)29(31)32;/h3-14H,1-2H3,(H,26,27)(H,24,25,28,30);1H. The van der Waals surface area contributed by atoms with Gasteiger partial charge in [-0.05, 0) is 56.3 Å². The molecule has 2 aromatic carbocycles. The smallest absolute Gasteiger partial charge is 0.278 e. The first-order valence-electron chi connectivity index (χ1n) is 10.1. The number of carbonyl (C=O) groups excluding carboxylic acids is 1. The first-order chi connectivity index (χ1) is 15.9. The number of rotatable bonds is 7. The Labute approximate surface area is 201 Å². The quantitative estimate of drug-likeness (QED) is 0.283. The number of nitro groups is 1. The molecule has 0 fully saturated rings. The molecule has 1 amide bonds. The summed E-state index contributed by atoms with van der Waals surface area (Å²) in [6.45, 7) is 3.88. The Bertz CT molecular complexity index is 1280. The zero-order valence-corrected chi connectivity index (χ0v) is 19.1. The Balaban J connectivity index is 0.00000324. The highest BCUT2D eigenvalue weighted by Crippen LogP contribution is 2.29. The monoisotopic (exact) mass is 480 g/mol. The molecule has 2 N–H and O–H groups in total. The Morgan fingerprint density at radius 3 is 2.24 bits per heavy atom. The lowest BCUT2D eigenvalue weighted by molar-refractivity contribution is -0.384. The molecule has 0 spiro atoms. The van der Waals surface area contributed by atoms with Crippen molar-refractivity contribution in [2.24, 2.45) is 0 Å². The van der Waals surface area contributed by atoms with Gasteiger partial charge in [0.15, 0.2) is 5.69 Å². The summed E-state index contributed by atoms with van der Waals surface area (Å²) in [5, 5.41) is 13.6. The van der Waals surface area contributed by atoms with E-state index in [1.165, 1.54) is 24.5 Å². The molecule has 0 radical (unpaired) electrons. The maximum absolute atomic E-state index is 13.0. The number of halogens is 1. The second-order valence-corrected chi connectivity index (χ2v) is 7.33. The minimum atomic E-state index is -0.497. The molecule has 2 heterocycles. The van der Waals surface area contributed by atoms with Crippen LogP contribution in [0.5, 0.6) is 5.75 Å². The van der Waals surface area contributed by atoms with Crippen molar-refractivity contribution in [3.05, 3.63) is 82.8 Å². The number of amides is 1. The average molecular weight is 481 g/mol. The highest BCUT2D eigenvalue weighted by molar-refractivity contribution is 6.06. The molecular formula is C23H21ClN6O4. The summed E-state index contributed by atoms with van der Waals surface area (Å²) in [6, 6.07) is 14.8. The second kappa shape index (κ2) is 10.5. The van der Waals surface area contributed by atoms with Gasteiger partial charge >= 0.3 is 0 Å². The number of hydrogen-bond donors (Lipinski definition) is 2. The largest absolute Gasteiger partial charge is 0.491 e. The van der Waals surface area contributed by atoms with Gasteiger partial charge < -0.3 is 9.72 Å². The fourth-order valence-electron chi connectivity index (χ4n) is 3.12. The number of nitrogens with one attached hydrogen (secondary N) is 2. The number of anilines is 1. The summed E-state index contributed by atoms with van der Waals surface area (Å²) >= 11 is 0. The summed E-state index contributed by atoms with van der Waals surface area (Å²) in [5.41, 5.74) is 1.88. The van der Waals surface area contributed by atoms with Gasteiger partial charge in [0.2, 0.25) is 5.95 Å². The molecule has 174 valence electrons. The van der Waals surface area contributed by atoms with Gasteiger partial charge in [0, 0.05) is 35.7 Å². The highest BCUT2D eigenvalue weighted by Gasteiger charge is 2.21. The van der Waals surface area contributed by atoms with Crippen molar-refractivity contribution in [2.45, 2.75) is 20.0 Å². The van der Waals surface area contributed by atoms with Crippen LogP contribution in [0.1, 0.15) is 24.3 Å². The summed E-state index contributed by atoms with van der Waals surface area (Å²) in [7, 11) is 0. The van der Waals surface area contributed by atoms with E-state index in [1.807, 2.05) is 38.1 Å². The van der Waals surface area contributed by atoms with Gasteiger partial charge in [-0.25, -0.2) is 15.0 Å². The number of ether oxygens (including phenoxy) is 1. The van der Waals surface area contributed by atoms with Gasteiger partial charge in [-0.3, -0.25) is 20.2 Å². The Kier molecular flexibility index (Phi) is 7.54. The Morgan fingerprint density at radius 1 is 1.03 bits per heavy atom. The van der Waals surface area contributed by atoms with Crippen LogP contribution in [0.25, 0.3) is 22.6 Å². The minimum absolute atomic E-state index is 0. The number of nitro benzene ring substituents is 1. The van der Waals surface area contributed by atoms with E-state index in [0.29, 0.717) is 28.4 Å². The number of carbonyl (C=O) groups is 1. The van der Waals surface area contributed by atoms with E-state index in [9.17, 15) is 14.9 Å². The predicted molar refractivity (Wildman–Crippen MR) is 129 cm³/mol. The van der Waals surface area contributed by atoms with Gasteiger partial charge in [0.25, 0.3) is 11.6 Å². The number of aromatic nitrogens is 4. The number of nitrogens with zero attached hydrogens (tertiary/aromatic N) is 4. The summed E-state index contributed by atoms with van der Waals surface area (Å²) in [6.07, 6.45) is 3.07. The maximum Gasteiger partial charge on any atom is 0.278 e. The van der Waals surface area contributed by atoms with Crippen LogP contribution in [-0.4, -0.2) is 36.9 Å². The molecule has 0 saturated heterocycles. The molecule has 10 nitrogen and oxygen atoms in total. The number of hydrogen-bond acceptors (Lipinski definition) is 7. The molecule has 0 aliphatic carbocycles. The third-order valence-electron chi connectivity index (χ3n) is 4.58. The second-order valence-electron chi connectivity index (χ2n) is 7.33. The van der Waals surface area contributed by atoms with Crippen LogP contribution < -0.4 is 10.1 Å². The number of imidazole rings is 1. The van der Waals surface area contributed by atoms with Crippen LogP contribution in [0.4, 0.5) is 11.6 Å².